The number of hydrogen-bond donors (Lipinski definition) is 2. The summed E-state index contributed by atoms with van der Waals surface area (Å²) >= 11 is 1.27. The number of carbonyl (C=O) groups is 1. The van der Waals surface area contributed by atoms with Gasteiger partial charge in [-0.3, -0.25) is 4.79 Å². The maximum atomic E-state index is 12.6. The zero-order valence-corrected chi connectivity index (χ0v) is 17.8. The highest BCUT2D eigenvalue weighted by atomic mass is 32.2. The lowest BCUT2D eigenvalue weighted by atomic mass is 9.96. The van der Waals surface area contributed by atoms with Gasteiger partial charge in [0.15, 0.2) is 0 Å². The lowest BCUT2D eigenvalue weighted by Gasteiger charge is -2.17. The Hall–Kier alpha value is -3.06. The molecule has 2 N–H and O–H groups in total. The highest BCUT2D eigenvalue weighted by molar-refractivity contribution is 8.00. The maximum absolute atomic E-state index is 12.6. The Balaban J connectivity index is 1.37. The second-order valence-electron chi connectivity index (χ2n) is 7.14. The van der Waals surface area contributed by atoms with Crippen LogP contribution in [0.2, 0.25) is 0 Å². The van der Waals surface area contributed by atoms with Crippen LogP contribution in [0.5, 0.6) is 0 Å². The Morgan fingerprint density at radius 3 is 2.70 bits per heavy atom. The van der Waals surface area contributed by atoms with Crippen LogP contribution in [0.4, 0.5) is 0 Å². The SMILES string of the molecule is CC[C@@H](CNC(=O)[C@H](C)Sc1nnc(-c2c[nH]c3ccccc23)o1)c1ccccc1. The fraction of sp³-hybridized carbons (Fsp3) is 0.261. The Labute approximate surface area is 179 Å². The first-order chi connectivity index (χ1) is 14.7. The summed E-state index contributed by atoms with van der Waals surface area (Å²) in [6, 6.07) is 18.2. The van der Waals surface area contributed by atoms with Crippen LogP contribution in [0.25, 0.3) is 22.4 Å². The number of nitrogens with zero attached hydrogens (tertiary/aromatic N) is 2. The van der Waals surface area contributed by atoms with Gasteiger partial charge in [-0.2, -0.15) is 0 Å². The molecule has 0 aliphatic rings. The second-order valence-corrected chi connectivity index (χ2v) is 8.43. The molecule has 7 heteroatoms. The molecule has 6 nitrogen and oxygen atoms in total. The molecule has 0 radical (unpaired) electrons. The Kier molecular flexibility index (Phi) is 6.18. The molecule has 2 aromatic carbocycles. The number of hydrogen-bond acceptors (Lipinski definition) is 5. The molecule has 2 heterocycles. The summed E-state index contributed by atoms with van der Waals surface area (Å²) in [4.78, 5) is 15.8. The van der Waals surface area contributed by atoms with E-state index in [0.717, 1.165) is 22.9 Å². The van der Waals surface area contributed by atoms with Crippen molar-refractivity contribution in [2.75, 3.05) is 6.54 Å². The van der Waals surface area contributed by atoms with Gasteiger partial charge in [-0.25, -0.2) is 0 Å². The lowest BCUT2D eigenvalue weighted by molar-refractivity contribution is -0.120. The van der Waals surface area contributed by atoms with Crippen molar-refractivity contribution < 1.29 is 9.21 Å². The van der Waals surface area contributed by atoms with Gasteiger partial charge in [0.25, 0.3) is 11.1 Å². The van der Waals surface area contributed by atoms with Crippen molar-refractivity contribution in [2.45, 2.75) is 36.7 Å². The van der Waals surface area contributed by atoms with Gasteiger partial charge in [-0.15, -0.1) is 10.2 Å². The molecular formula is C23H24N4O2S. The molecule has 0 aliphatic heterocycles. The summed E-state index contributed by atoms with van der Waals surface area (Å²) in [5, 5.41) is 12.4. The third kappa shape index (κ3) is 4.41. The van der Waals surface area contributed by atoms with Crippen LogP contribution in [0.15, 0.2) is 70.4 Å². The van der Waals surface area contributed by atoms with Crippen LogP contribution < -0.4 is 5.32 Å². The average molecular weight is 421 g/mol. The van der Waals surface area contributed by atoms with E-state index in [1.165, 1.54) is 17.3 Å². The Morgan fingerprint density at radius 2 is 1.90 bits per heavy atom. The van der Waals surface area contributed by atoms with E-state index in [2.05, 4.69) is 39.6 Å². The van der Waals surface area contributed by atoms with E-state index in [4.69, 9.17) is 4.42 Å². The van der Waals surface area contributed by atoms with Crippen LogP contribution in [0.1, 0.15) is 31.7 Å². The van der Waals surface area contributed by atoms with Gasteiger partial charge in [-0.1, -0.05) is 67.2 Å². The standard InChI is InChI=1S/C23H24N4O2S/c1-3-16(17-9-5-4-6-10-17)13-25-21(28)15(2)30-23-27-26-22(29-23)19-14-24-20-12-8-7-11-18(19)20/h4-12,14-16,24H,3,13H2,1-2H3,(H,25,28)/t15-,16-/m0/s1. The Bertz CT molecular complexity index is 1120. The van der Waals surface area contributed by atoms with E-state index < -0.39 is 0 Å². The number of thioether (sulfide) groups is 1. The van der Waals surface area contributed by atoms with E-state index >= 15 is 0 Å². The summed E-state index contributed by atoms with van der Waals surface area (Å²) in [5.74, 6) is 0.697. The normalized spacial score (nSPS) is 13.3. The number of benzene rings is 2. The molecule has 0 spiro atoms. The van der Waals surface area contributed by atoms with E-state index in [-0.39, 0.29) is 11.2 Å². The highest BCUT2D eigenvalue weighted by Crippen LogP contribution is 2.30. The fourth-order valence-corrected chi connectivity index (χ4v) is 4.12. The molecule has 154 valence electrons. The van der Waals surface area contributed by atoms with Crippen molar-refractivity contribution in [1.82, 2.24) is 20.5 Å². The molecule has 2 aromatic heterocycles. The summed E-state index contributed by atoms with van der Waals surface area (Å²) in [5.41, 5.74) is 3.10. The van der Waals surface area contributed by atoms with Gasteiger partial charge in [0, 0.05) is 29.6 Å². The van der Waals surface area contributed by atoms with Gasteiger partial charge >= 0.3 is 0 Å². The predicted octanol–water partition coefficient (Wildman–Crippen LogP) is 5.01. The van der Waals surface area contributed by atoms with Crippen LogP contribution in [-0.4, -0.2) is 32.9 Å². The molecule has 2 atom stereocenters. The number of fused-ring (bicyclic) bond motifs is 1. The molecule has 0 unspecified atom stereocenters. The van der Waals surface area contributed by atoms with Crippen LogP contribution in [0.3, 0.4) is 0 Å². The van der Waals surface area contributed by atoms with E-state index in [0.29, 0.717) is 23.6 Å². The Morgan fingerprint density at radius 1 is 1.13 bits per heavy atom. The first kappa shape index (κ1) is 20.2. The quantitative estimate of drug-likeness (QED) is 0.392. The number of para-hydroxylation sites is 1. The number of nitrogens with one attached hydrogen (secondary N) is 2. The molecule has 4 aromatic rings. The summed E-state index contributed by atoms with van der Waals surface area (Å²) in [6.07, 6.45) is 2.82. The summed E-state index contributed by atoms with van der Waals surface area (Å²) < 4.78 is 5.81. The zero-order valence-electron chi connectivity index (χ0n) is 17.0. The largest absolute Gasteiger partial charge is 0.411 e. The van der Waals surface area contributed by atoms with E-state index in [1.54, 1.807) is 0 Å². The van der Waals surface area contributed by atoms with Crippen molar-refractivity contribution in [2.24, 2.45) is 0 Å². The smallest absolute Gasteiger partial charge is 0.277 e. The molecule has 0 saturated carbocycles. The van der Waals surface area contributed by atoms with Crippen LogP contribution in [0, 0.1) is 0 Å². The van der Waals surface area contributed by atoms with Crippen LogP contribution >= 0.6 is 11.8 Å². The predicted molar refractivity (Wildman–Crippen MR) is 119 cm³/mol. The highest BCUT2D eigenvalue weighted by Gasteiger charge is 2.20. The molecule has 0 fully saturated rings. The van der Waals surface area contributed by atoms with Crippen molar-refractivity contribution in [3.8, 4) is 11.5 Å². The number of rotatable bonds is 8. The minimum Gasteiger partial charge on any atom is -0.411 e. The molecular weight excluding hydrogens is 396 g/mol. The molecule has 4 rings (SSSR count). The number of amides is 1. The number of aromatic nitrogens is 3. The van der Waals surface area contributed by atoms with Gasteiger partial charge < -0.3 is 14.7 Å². The van der Waals surface area contributed by atoms with Crippen LogP contribution in [-0.2, 0) is 4.79 Å². The van der Waals surface area contributed by atoms with Crippen molar-refractivity contribution in [1.29, 1.82) is 0 Å². The first-order valence-electron chi connectivity index (χ1n) is 10.0. The minimum atomic E-state index is -0.338. The van der Waals surface area contributed by atoms with Gasteiger partial charge in [0.05, 0.1) is 10.8 Å². The van der Waals surface area contributed by atoms with Crippen molar-refractivity contribution in [3.05, 3.63) is 66.4 Å². The molecule has 0 saturated heterocycles. The maximum Gasteiger partial charge on any atom is 0.277 e. The van der Waals surface area contributed by atoms with E-state index in [1.807, 2.05) is 55.6 Å². The van der Waals surface area contributed by atoms with Gasteiger partial charge in [-0.05, 0) is 25.0 Å². The summed E-state index contributed by atoms with van der Waals surface area (Å²) in [7, 11) is 0. The van der Waals surface area contributed by atoms with Crippen molar-refractivity contribution >= 4 is 28.6 Å². The molecule has 1 amide bonds. The number of aromatic amines is 1. The summed E-state index contributed by atoms with van der Waals surface area (Å²) in [6.45, 7) is 4.58. The monoisotopic (exact) mass is 420 g/mol. The third-order valence-corrected chi connectivity index (χ3v) is 6.09. The van der Waals surface area contributed by atoms with Gasteiger partial charge in [0.2, 0.25) is 5.91 Å². The minimum absolute atomic E-state index is 0.0405. The molecule has 0 aliphatic carbocycles. The lowest BCUT2D eigenvalue weighted by Crippen LogP contribution is -2.34. The van der Waals surface area contributed by atoms with E-state index in [9.17, 15) is 4.79 Å². The number of carbonyl (C=O) groups excluding carboxylic acids is 1. The second kappa shape index (κ2) is 9.17. The number of H-pyrrole nitrogens is 1. The zero-order chi connectivity index (χ0) is 20.9. The third-order valence-electron chi connectivity index (χ3n) is 5.16. The molecule has 30 heavy (non-hydrogen) atoms. The van der Waals surface area contributed by atoms with Gasteiger partial charge in [0.1, 0.15) is 0 Å². The topological polar surface area (TPSA) is 83.8 Å². The first-order valence-corrected chi connectivity index (χ1v) is 10.9. The van der Waals surface area contributed by atoms with Crippen molar-refractivity contribution in [3.63, 3.8) is 0 Å². The molecule has 0 bridgehead atoms. The average Bonchev–Trinajstić information content (AvgIpc) is 3.41. The fourth-order valence-electron chi connectivity index (χ4n) is 3.41.